The number of nitrogens with one attached hydrogen (secondary N) is 1. The van der Waals surface area contributed by atoms with Gasteiger partial charge in [-0.2, -0.15) is 0 Å². The zero-order valence-electron chi connectivity index (χ0n) is 19.7. The molecule has 1 saturated heterocycles. The third-order valence-corrected chi connectivity index (χ3v) is 7.27. The van der Waals surface area contributed by atoms with E-state index in [-0.39, 0.29) is 23.5 Å². The van der Waals surface area contributed by atoms with Gasteiger partial charge in [0.15, 0.2) is 0 Å². The number of benzene rings is 3. The summed E-state index contributed by atoms with van der Waals surface area (Å²) in [6.07, 6.45) is 4.08. The fourth-order valence-electron chi connectivity index (χ4n) is 5.38. The average molecular weight is 458 g/mol. The van der Waals surface area contributed by atoms with Crippen LogP contribution < -0.4 is 5.69 Å². The molecule has 0 spiro atoms. The second-order valence-corrected chi connectivity index (χ2v) is 9.55. The van der Waals surface area contributed by atoms with Crippen molar-refractivity contribution in [2.24, 2.45) is 0 Å². The van der Waals surface area contributed by atoms with Crippen molar-refractivity contribution in [2.45, 2.75) is 44.6 Å². The number of H-pyrrole nitrogens is 1. The molecule has 0 aliphatic carbocycles. The van der Waals surface area contributed by atoms with Crippen LogP contribution in [0.15, 0.2) is 77.6 Å². The smallest absolute Gasteiger partial charge is 0.306 e. The molecule has 0 bridgehead atoms. The lowest BCUT2D eigenvalue weighted by atomic mass is 9.87. The van der Waals surface area contributed by atoms with Gasteiger partial charge in [0.1, 0.15) is 5.82 Å². The molecule has 5 heteroatoms. The number of nitrogens with zero attached hydrogens (tertiary/aromatic N) is 2. The second-order valence-electron chi connectivity index (χ2n) is 9.55. The molecule has 1 aliphatic heterocycles. The van der Waals surface area contributed by atoms with Gasteiger partial charge in [0, 0.05) is 25.0 Å². The summed E-state index contributed by atoms with van der Waals surface area (Å²) >= 11 is 0. The Balaban J connectivity index is 1.21. The lowest BCUT2D eigenvalue weighted by molar-refractivity contribution is 0.183. The number of hydrogen-bond donors (Lipinski definition) is 1. The van der Waals surface area contributed by atoms with Crippen LogP contribution in [-0.4, -0.2) is 34.1 Å². The highest BCUT2D eigenvalue weighted by molar-refractivity contribution is 5.75. The van der Waals surface area contributed by atoms with E-state index in [0.29, 0.717) is 0 Å². The summed E-state index contributed by atoms with van der Waals surface area (Å²) in [5.74, 6) is 0.0760. The van der Waals surface area contributed by atoms with E-state index >= 15 is 0 Å². The Morgan fingerprint density at radius 2 is 1.59 bits per heavy atom. The first-order valence-electron chi connectivity index (χ1n) is 12.3. The van der Waals surface area contributed by atoms with Gasteiger partial charge >= 0.3 is 5.69 Å². The highest BCUT2D eigenvalue weighted by Gasteiger charge is 2.24. The maximum absolute atomic E-state index is 13.5. The molecule has 1 fully saturated rings. The van der Waals surface area contributed by atoms with Crippen LogP contribution in [-0.2, 0) is 0 Å². The van der Waals surface area contributed by atoms with Gasteiger partial charge in [-0.3, -0.25) is 4.57 Å². The van der Waals surface area contributed by atoms with Crippen LogP contribution in [0.1, 0.15) is 54.3 Å². The maximum atomic E-state index is 13.5. The van der Waals surface area contributed by atoms with Gasteiger partial charge in [0.05, 0.1) is 11.0 Å². The van der Waals surface area contributed by atoms with Crippen LogP contribution in [0, 0.1) is 12.7 Å². The quantitative estimate of drug-likeness (QED) is 0.368. The number of piperidine rings is 1. The number of rotatable bonds is 7. The number of aryl methyl sites for hydroxylation is 1. The van der Waals surface area contributed by atoms with Gasteiger partial charge in [0.25, 0.3) is 0 Å². The number of imidazole rings is 1. The molecule has 176 valence electrons. The summed E-state index contributed by atoms with van der Waals surface area (Å²) in [6.45, 7) is 5.15. The average Bonchev–Trinajstić information content (AvgIpc) is 3.19. The Morgan fingerprint density at radius 1 is 0.941 bits per heavy atom. The molecule has 1 aromatic heterocycles. The maximum Gasteiger partial charge on any atom is 0.326 e. The normalized spacial score (nSPS) is 16.2. The molecule has 1 aliphatic rings. The fourth-order valence-corrected chi connectivity index (χ4v) is 5.38. The number of aromatic amines is 1. The van der Waals surface area contributed by atoms with Gasteiger partial charge < -0.3 is 9.88 Å². The topological polar surface area (TPSA) is 41.0 Å². The highest BCUT2D eigenvalue weighted by atomic mass is 19.1. The minimum absolute atomic E-state index is 0.000104. The van der Waals surface area contributed by atoms with Crippen LogP contribution in [0.2, 0.25) is 0 Å². The molecule has 4 aromatic rings. The van der Waals surface area contributed by atoms with Gasteiger partial charge in [-0.1, -0.05) is 54.1 Å². The molecule has 1 N–H and O–H groups in total. The first-order chi connectivity index (χ1) is 16.6. The van der Waals surface area contributed by atoms with E-state index in [2.05, 4.69) is 41.1 Å². The molecule has 2 heterocycles. The third-order valence-electron chi connectivity index (χ3n) is 7.27. The summed E-state index contributed by atoms with van der Waals surface area (Å²) in [5.41, 5.74) is 5.63. The molecule has 1 unspecified atom stereocenters. The predicted octanol–water partition coefficient (Wildman–Crippen LogP) is 6.03. The lowest BCUT2D eigenvalue weighted by Gasteiger charge is -2.33. The van der Waals surface area contributed by atoms with Crippen molar-refractivity contribution in [3.8, 4) is 0 Å². The third kappa shape index (κ3) is 4.85. The Bertz CT molecular complexity index is 1240. The Kier molecular flexibility index (Phi) is 6.63. The van der Waals surface area contributed by atoms with Gasteiger partial charge in [-0.05, 0) is 74.5 Å². The first-order valence-corrected chi connectivity index (χ1v) is 12.3. The second kappa shape index (κ2) is 9.98. The minimum atomic E-state index is -0.191. The SMILES string of the molecule is Cc1ccc(C(CCCN2CCC(n3c(=O)[nH]c4ccccc43)CC2)c2ccc(F)cc2)cc1. The molecule has 5 rings (SSSR count). The predicted molar refractivity (Wildman–Crippen MR) is 136 cm³/mol. The van der Waals surface area contributed by atoms with Crippen molar-refractivity contribution in [1.82, 2.24) is 14.5 Å². The monoisotopic (exact) mass is 457 g/mol. The summed E-state index contributed by atoms with van der Waals surface area (Å²) in [6, 6.07) is 23.9. The summed E-state index contributed by atoms with van der Waals surface area (Å²) in [7, 11) is 0. The van der Waals surface area contributed by atoms with Crippen LogP contribution in [0.5, 0.6) is 0 Å². The molecule has 0 saturated carbocycles. The van der Waals surface area contributed by atoms with E-state index in [0.717, 1.165) is 56.4 Å². The van der Waals surface area contributed by atoms with Crippen LogP contribution in [0.25, 0.3) is 11.0 Å². The minimum Gasteiger partial charge on any atom is -0.306 e. The molecular weight excluding hydrogens is 425 g/mol. The summed E-state index contributed by atoms with van der Waals surface area (Å²) in [5, 5.41) is 0. The van der Waals surface area contributed by atoms with E-state index in [1.54, 1.807) is 12.1 Å². The summed E-state index contributed by atoms with van der Waals surface area (Å²) < 4.78 is 15.5. The van der Waals surface area contributed by atoms with Gasteiger partial charge in [0.2, 0.25) is 0 Å². The van der Waals surface area contributed by atoms with Crippen molar-refractivity contribution < 1.29 is 4.39 Å². The van der Waals surface area contributed by atoms with Crippen molar-refractivity contribution in [2.75, 3.05) is 19.6 Å². The Hall–Kier alpha value is -3.18. The zero-order valence-corrected chi connectivity index (χ0v) is 19.7. The van der Waals surface area contributed by atoms with Crippen molar-refractivity contribution in [3.63, 3.8) is 0 Å². The van der Waals surface area contributed by atoms with E-state index in [4.69, 9.17) is 0 Å². The number of hydrogen-bond acceptors (Lipinski definition) is 2. The van der Waals surface area contributed by atoms with E-state index in [1.165, 1.54) is 16.7 Å². The highest BCUT2D eigenvalue weighted by Crippen LogP contribution is 2.31. The summed E-state index contributed by atoms with van der Waals surface area (Å²) in [4.78, 5) is 18.1. The lowest BCUT2D eigenvalue weighted by Crippen LogP contribution is -2.37. The van der Waals surface area contributed by atoms with Crippen LogP contribution >= 0.6 is 0 Å². The van der Waals surface area contributed by atoms with Gasteiger partial charge in [-0.15, -0.1) is 0 Å². The van der Waals surface area contributed by atoms with E-state index < -0.39 is 0 Å². The molecule has 0 radical (unpaired) electrons. The van der Waals surface area contributed by atoms with Crippen LogP contribution in [0.4, 0.5) is 4.39 Å². The molecule has 3 aromatic carbocycles. The Labute approximate surface area is 200 Å². The van der Waals surface area contributed by atoms with Crippen molar-refractivity contribution in [1.29, 1.82) is 0 Å². The number of likely N-dealkylation sites (tertiary alicyclic amines) is 1. The van der Waals surface area contributed by atoms with Crippen molar-refractivity contribution in [3.05, 3.63) is 106 Å². The Morgan fingerprint density at radius 3 is 2.29 bits per heavy atom. The fraction of sp³-hybridized carbons (Fsp3) is 0.345. The number of fused-ring (bicyclic) bond motifs is 1. The molecule has 1 atom stereocenters. The number of para-hydroxylation sites is 2. The largest absolute Gasteiger partial charge is 0.326 e. The van der Waals surface area contributed by atoms with Crippen molar-refractivity contribution >= 4 is 11.0 Å². The molecular formula is C29H32FN3O. The standard InChI is InChI=1S/C29H32FN3O/c1-21-8-10-22(11-9-21)26(23-12-14-24(30)15-13-23)5-4-18-32-19-16-25(17-20-32)33-28-7-3-2-6-27(28)31-29(33)34/h2-3,6-15,25-26H,4-5,16-20H2,1H3,(H,31,34). The molecule has 0 amide bonds. The first kappa shape index (κ1) is 22.6. The van der Waals surface area contributed by atoms with E-state index in [1.807, 2.05) is 41.0 Å². The molecule has 4 nitrogen and oxygen atoms in total. The van der Waals surface area contributed by atoms with E-state index in [9.17, 15) is 9.18 Å². The number of aromatic nitrogens is 2. The van der Waals surface area contributed by atoms with Gasteiger partial charge in [-0.25, -0.2) is 9.18 Å². The zero-order chi connectivity index (χ0) is 23.5. The van der Waals surface area contributed by atoms with Crippen LogP contribution in [0.3, 0.4) is 0 Å². The number of halogens is 1. The molecule has 34 heavy (non-hydrogen) atoms.